The van der Waals surface area contributed by atoms with Crippen molar-refractivity contribution in [3.8, 4) is 0 Å². The van der Waals surface area contributed by atoms with E-state index in [1.807, 2.05) is 105 Å². The first-order valence-electron chi connectivity index (χ1n) is 14.0. The molecule has 0 spiro atoms. The summed E-state index contributed by atoms with van der Waals surface area (Å²) >= 11 is 0. The third kappa shape index (κ3) is 5.76. The van der Waals surface area contributed by atoms with Gasteiger partial charge in [-0.2, -0.15) is 0 Å². The van der Waals surface area contributed by atoms with Gasteiger partial charge in [-0.05, 0) is 48.9 Å². The van der Waals surface area contributed by atoms with E-state index in [-0.39, 0.29) is 24.1 Å². The fourth-order valence-corrected chi connectivity index (χ4v) is 5.47. The summed E-state index contributed by atoms with van der Waals surface area (Å²) in [4.78, 5) is 43.9. The van der Waals surface area contributed by atoms with E-state index in [0.717, 1.165) is 33.2 Å². The van der Waals surface area contributed by atoms with Crippen LogP contribution in [0.5, 0.6) is 0 Å². The van der Waals surface area contributed by atoms with Crippen molar-refractivity contribution in [2.45, 2.75) is 45.7 Å². The predicted octanol–water partition coefficient (Wildman–Crippen LogP) is 5.66. The third-order valence-corrected chi connectivity index (χ3v) is 7.52. The van der Waals surface area contributed by atoms with Crippen LogP contribution in [0.3, 0.4) is 0 Å². The highest BCUT2D eigenvalue weighted by Crippen LogP contribution is 2.37. The van der Waals surface area contributed by atoms with Gasteiger partial charge in [0.05, 0.1) is 5.69 Å². The first-order chi connectivity index (χ1) is 19.5. The standard InChI is InChI=1S/C34H35N3O3/c1-3-35-33(39)30(22-25-10-5-4-6-11-25)37(23-26-19-17-24(2)18-20-26)31(38)16-9-21-36-29-15-8-13-27-12-7-14-28(32(27)29)34(36)40/h4-8,10-15,17-20,30H,3,9,16,21-23H2,1-2H3,(H,35,39)/t30-/m1/s1. The second-order valence-corrected chi connectivity index (χ2v) is 10.3. The largest absolute Gasteiger partial charge is 0.355 e. The number of nitrogens with one attached hydrogen (secondary N) is 1. The number of nitrogens with zero attached hydrogens (tertiary/aromatic N) is 2. The number of rotatable bonds is 11. The fourth-order valence-electron chi connectivity index (χ4n) is 5.47. The predicted molar refractivity (Wildman–Crippen MR) is 159 cm³/mol. The zero-order valence-electron chi connectivity index (χ0n) is 23.1. The van der Waals surface area contributed by atoms with E-state index >= 15 is 0 Å². The van der Waals surface area contributed by atoms with Crippen molar-refractivity contribution in [3.63, 3.8) is 0 Å². The number of aryl methyl sites for hydroxylation is 1. The van der Waals surface area contributed by atoms with Gasteiger partial charge in [-0.3, -0.25) is 14.4 Å². The lowest BCUT2D eigenvalue weighted by Crippen LogP contribution is -2.50. The molecule has 5 rings (SSSR count). The van der Waals surface area contributed by atoms with Gasteiger partial charge in [-0.15, -0.1) is 0 Å². The molecule has 204 valence electrons. The summed E-state index contributed by atoms with van der Waals surface area (Å²) in [6.07, 6.45) is 1.14. The van der Waals surface area contributed by atoms with Crippen LogP contribution in [0.4, 0.5) is 5.69 Å². The van der Waals surface area contributed by atoms with Gasteiger partial charge in [0.25, 0.3) is 5.91 Å². The SMILES string of the molecule is CCNC(=O)[C@@H](Cc1ccccc1)N(Cc1ccc(C)cc1)C(=O)CCCN1C(=O)c2cccc3cccc1c23. The van der Waals surface area contributed by atoms with Gasteiger partial charge < -0.3 is 15.1 Å². The lowest BCUT2D eigenvalue weighted by molar-refractivity contribution is -0.141. The molecule has 4 aromatic rings. The zero-order chi connectivity index (χ0) is 28.1. The van der Waals surface area contributed by atoms with E-state index in [2.05, 4.69) is 5.32 Å². The number of carbonyl (C=O) groups excluding carboxylic acids is 3. The highest BCUT2D eigenvalue weighted by molar-refractivity contribution is 6.25. The molecule has 1 heterocycles. The Morgan fingerprint density at radius 1 is 0.875 bits per heavy atom. The number of benzene rings is 4. The molecule has 6 heteroatoms. The second kappa shape index (κ2) is 12.2. The highest BCUT2D eigenvalue weighted by atomic mass is 16.2. The minimum absolute atomic E-state index is 0.0277. The van der Waals surface area contributed by atoms with Gasteiger partial charge in [0.15, 0.2) is 0 Å². The van der Waals surface area contributed by atoms with E-state index in [0.29, 0.717) is 38.0 Å². The monoisotopic (exact) mass is 533 g/mol. The minimum Gasteiger partial charge on any atom is -0.355 e. The summed E-state index contributed by atoms with van der Waals surface area (Å²) in [5.41, 5.74) is 4.70. The Balaban J connectivity index is 1.36. The molecule has 0 radical (unpaired) electrons. The summed E-state index contributed by atoms with van der Waals surface area (Å²) in [7, 11) is 0. The molecule has 0 fully saturated rings. The lowest BCUT2D eigenvalue weighted by Gasteiger charge is -2.32. The number of hydrogen-bond acceptors (Lipinski definition) is 3. The average molecular weight is 534 g/mol. The maximum atomic E-state index is 13.9. The Hall–Kier alpha value is -4.45. The summed E-state index contributed by atoms with van der Waals surface area (Å²) in [5, 5.41) is 4.95. The molecule has 0 aromatic heterocycles. The summed E-state index contributed by atoms with van der Waals surface area (Å²) in [6.45, 7) is 5.16. The Morgan fingerprint density at radius 2 is 1.60 bits per heavy atom. The quantitative estimate of drug-likeness (QED) is 0.270. The molecular weight excluding hydrogens is 498 g/mol. The molecule has 4 aromatic carbocycles. The maximum Gasteiger partial charge on any atom is 0.258 e. The van der Waals surface area contributed by atoms with E-state index in [4.69, 9.17) is 0 Å². The third-order valence-electron chi connectivity index (χ3n) is 7.52. The molecule has 0 saturated carbocycles. The molecule has 0 aliphatic carbocycles. The summed E-state index contributed by atoms with van der Waals surface area (Å²) < 4.78 is 0. The smallest absolute Gasteiger partial charge is 0.258 e. The van der Waals surface area contributed by atoms with Crippen molar-refractivity contribution in [2.75, 3.05) is 18.0 Å². The van der Waals surface area contributed by atoms with Crippen molar-refractivity contribution >= 4 is 34.2 Å². The molecule has 1 aliphatic heterocycles. The van der Waals surface area contributed by atoms with Crippen LogP contribution < -0.4 is 10.2 Å². The summed E-state index contributed by atoms with van der Waals surface area (Å²) in [6, 6.07) is 28.9. The average Bonchev–Trinajstić information content (AvgIpc) is 3.24. The number of carbonyl (C=O) groups is 3. The first kappa shape index (κ1) is 27.1. The van der Waals surface area contributed by atoms with Gasteiger partial charge in [0.1, 0.15) is 6.04 Å². The molecule has 0 bridgehead atoms. The van der Waals surface area contributed by atoms with Crippen LogP contribution >= 0.6 is 0 Å². The molecule has 1 aliphatic rings. The lowest BCUT2D eigenvalue weighted by atomic mass is 10.0. The first-order valence-corrected chi connectivity index (χ1v) is 14.0. The molecule has 1 atom stereocenters. The Bertz CT molecular complexity index is 1510. The van der Waals surface area contributed by atoms with Gasteiger partial charge in [-0.25, -0.2) is 0 Å². The minimum atomic E-state index is -0.650. The molecule has 40 heavy (non-hydrogen) atoms. The van der Waals surface area contributed by atoms with Crippen molar-refractivity contribution in [2.24, 2.45) is 0 Å². The van der Waals surface area contributed by atoms with Crippen LogP contribution in [0.25, 0.3) is 10.8 Å². The van der Waals surface area contributed by atoms with Crippen molar-refractivity contribution in [3.05, 3.63) is 113 Å². The molecule has 0 unspecified atom stereocenters. The van der Waals surface area contributed by atoms with Gasteiger partial charge in [0, 0.05) is 43.4 Å². The van der Waals surface area contributed by atoms with E-state index in [9.17, 15) is 14.4 Å². The number of likely N-dealkylation sites (N-methyl/N-ethyl adjacent to an activating group) is 1. The Morgan fingerprint density at radius 3 is 2.33 bits per heavy atom. The van der Waals surface area contributed by atoms with Gasteiger partial charge in [0.2, 0.25) is 11.8 Å². The van der Waals surface area contributed by atoms with Crippen molar-refractivity contribution in [1.29, 1.82) is 0 Å². The van der Waals surface area contributed by atoms with Gasteiger partial charge >= 0.3 is 0 Å². The molecular formula is C34H35N3O3. The number of amides is 3. The number of hydrogen-bond donors (Lipinski definition) is 1. The highest BCUT2D eigenvalue weighted by Gasteiger charge is 2.32. The molecule has 1 N–H and O–H groups in total. The molecule has 0 saturated heterocycles. The number of anilines is 1. The van der Waals surface area contributed by atoms with Crippen LogP contribution in [-0.2, 0) is 22.6 Å². The normalized spacial score (nSPS) is 12.9. The fraction of sp³-hybridized carbons (Fsp3) is 0.265. The second-order valence-electron chi connectivity index (χ2n) is 10.3. The zero-order valence-corrected chi connectivity index (χ0v) is 23.1. The topological polar surface area (TPSA) is 69.7 Å². The van der Waals surface area contributed by atoms with Gasteiger partial charge in [-0.1, -0.05) is 84.4 Å². The van der Waals surface area contributed by atoms with Crippen LogP contribution in [0.15, 0.2) is 91.0 Å². The molecule has 3 amide bonds. The van der Waals surface area contributed by atoms with Crippen LogP contribution in [0.2, 0.25) is 0 Å². The van der Waals surface area contributed by atoms with Crippen molar-refractivity contribution in [1.82, 2.24) is 10.2 Å². The van der Waals surface area contributed by atoms with E-state index in [1.165, 1.54) is 0 Å². The van der Waals surface area contributed by atoms with E-state index < -0.39 is 6.04 Å². The Kier molecular flexibility index (Phi) is 8.25. The van der Waals surface area contributed by atoms with Crippen LogP contribution in [0, 0.1) is 6.92 Å². The van der Waals surface area contributed by atoms with E-state index in [1.54, 1.807) is 9.80 Å². The van der Waals surface area contributed by atoms with Crippen LogP contribution in [-0.4, -0.2) is 41.8 Å². The van der Waals surface area contributed by atoms with Crippen LogP contribution in [0.1, 0.15) is 46.8 Å². The maximum absolute atomic E-state index is 13.9. The van der Waals surface area contributed by atoms with Crippen molar-refractivity contribution < 1.29 is 14.4 Å². The Labute approximate surface area is 235 Å². The molecule has 6 nitrogen and oxygen atoms in total. The summed E-state index contributed by atoms with van der Waals surface area (Å²) in [5.74, 6) is -0.293.